The molecule has 0 saturated carbocycles. The van der Waals surface area contributed by atoms with Gasteiger partial charge in [0.25, 0.3) is 0 Å². The number of fused-ring (bicyclic) bond motifs is 1. The molecule has 1 aromatic heterocycles. The predicted octanol–water partition coefficient (Wildman–Crippen LogP) is 6.75. The van der Waals surface area contributed by atoms with Crippen molar-refractivity contribution in [3.05, 3.63) is 149 Å². The standard InChI is InChI=1S/C48H54FN9O7/c1-2-55-29-37(46(60)61)26-36-27-39(49)44(28-43(36)55)56-21-23-57(24-22-56)48(63)65-32-35-16-18-38(19-17-35)51-45(59)42(15-9-10-20-50)58-30-41(53-54-58)40(25-33-11-5-3-6-12-33)52-47(62)64-31-34-13-7-4-8-14-34/h3-8,11-14,16-19,27-30,40,42H,2,9-10,15,20-26,31-32,50H2,1H3,(H,51,59)(H,52,62)(H,60,61). The minimum Gasteiger partial charge on any atom is -0.478 e. The van der Waals surface area contributed by atoms with Gasteiger partial charge in [0.1, 0.15) is 30.8 Å². The van der Waals surface area contributed by atoms with E-state index in [0.29, 0.717) is 93.1 Å². The number of hydrogen-bond donors (Lipinski definition) is 4. The number of nitrogens with zero attached hydrogens (tertiary/aromatic N) is 6. The van der Waals surface area contributed by atoms with Crippen LogP contribution in [0, 0.1) is 5.82 Å². The summed E-state index contributed by atoms with van der Waals surface area (Å²) in [5.41, 5.74) is 11.3. The van der Waals surface area contributed by atoms with E-state index >= 15 is 4.39 Å². The van der Waals surface area contributed by atoms with Crippen LogP contribution in [0.2, 0.25) is 0 Å². The number of alkyl carbamates (subject to hydrolysis) is 1. The van der Waals surface area contributed by atoms with Gasteiger partial charge in [-0.05, 0) is 85.7 Å². The van der Waals surface area contributed by atoms with Crippen LogP contribution >= 0.6 is 0 Å². The molecule has 0 spiro atoms. The molecule has 2 unspecified atom stereocenters. The average molecular weight is 888 g/mol. The molecule has 5 aromatic rings. The molecule has 3 amide bonds. The number of rotatable bonds is 18. The molecule has 0 bridgehead atoms. The van der Waals surface area contributed by atoms with Crippen molar-refractivity contribution in [2.24, 2.45) is 5.73 Å². The lowest BCUT2D eigenvalue weighted by molar-refractivity contribution is -0.132. The van der Waals surface area contributed by atoms with Gasteiger partial charge in [-0.1, -0.05) is 78.0 Å². The number of amides is 3. The fourth-order valence-corrected chi connectivity index (χ4v) is 7.87. The Hall–Kier alpha value is -7.27. The minimum absolute atomic E-state index is 0.00680. The molecule has 7 rings (SSSR count). The van der Waals surface area contributed by atoms with Crippen molar-refractivity contribution in [2.45, 2.75) is 64.3 Å². The van der Waals surface area contributed by atoms with E-state index in [1.165, 1.54) is 10.7 Å². The summed E-state index contributed by atoms with van der Waals surface area (Å²) in [5, 5.41) is 24.2. The summed E-state index contributed by atoms with van der Waals surface area (Å²) in [6.07, 6.45) is 4.55. The first-order valence-corrected chi connectivity index (χ1v) is 21.8. The molecule has 4 aromatic carbocycles. The molecule has 65 heavy (non-hydrogen) atoms. The number of benzene rings is 4. The molecule has 5 N–H and O–H groups in total. The molecule has 17 heteroatoms. The number of unbranched alkanes of at least 4 members (excludes halogenated alkanes) is 1. The first kappa shape index (κ1) is 45.7. The summed E-state index contributed by atoms with van der Waals surface area (Å²) in [6, 6.07) is 27.9. The highest BCUT2D eigenvalue weighted by Gasteiger charge is 2.29. The van der Waals surface area contributed by atoms with Crippen LogP contribution in [-0.2, 0) is 45.1 Å². The Labute approximate surface area is 376 Å². The summed E-state index contributed by atoms with van der Waals surface area (Å²) in [7, 11) is 0. The third-order valence-corrected chi connectivity index (χ3v) is 11.5. The Morgan fingerprint density at radius 3 is 2.20 bits per heavy atom. The van der Waals surface area contributed by atoms with Crippen LogP contribution in [0.15, 0.2) is 115 Å². The van der Waals surface area contributed by atoms with Gasteiger partial charge in [-0.15, -0.1) is 5.10 Å². The zero-order valence-electron chi connectivity index (χ0n) is 36.3. The third-order valence-electron chi connectivity index (χ3n) is 11.5. The van der Waals surface area contributed by atoms with E-state index < -0.39 is 36.1 Å². The van der Waals surface area contributed by atoms with E-state index in [1.54, 1.807) is 47.6 Å². The molecule has 2 aliphatic rings. The third kappa shape index (κ3) is 12.1. The van der Waals surface area contributed by atoms with Crippen molar-refractivity contribution in [2.75, 3.05) is 54.4 Å². The number of carbonyl (C=O) groups excluding carboxylic acids is 3. The number of piperazine rings is 1. The van der Waals surface area contributed by atoms with Crippen LogP contribution in [-0.4, -0.2) is 88.3 Å². The Morgan fingerprint density at radius 2 is 1.52 bits per heavy atom. The fraction of sp³-hybridized carbons (Fsp3) is 0.333. The Bertz CT molecular complexity index is 2440. The lowest BCUT2D eigenvalue weighted by atomic mass is 9.98. The maximum absolute atomic E-state index is 15.4. The van der Waals surface area contributed by atoms with Gasteiger partial charge >= 0.3 is 18.2 Å². The normalized spacial score (nSPS) is 14.4. The number of nitrogens with two attached hydrogens (primary N) is 1. The monoisotopic (exact) mass is 887 g/mol. The van der Waals surface area contributed by atoms with Crippen LogP contribution in [0.5, 0.6) is 0 Å². The number of aromatic nitrogens is 3. The SMILES string of the molecule is CCN1C=C(C(=O)O)Cc2cc(F)c(N3CCN(C(=O)OCc4ccc(NC(=O)C(CCCCN)n5cc(C(Cc6ccccc6)NC(=O)OCc6ccccc6)nn5)cc4)CC3)cc21. The molecular weight excluding hydrogens is 834 g/mol. The summed E-state index contributed by atoms with van der Waals surface area (Å²) < 4.78 is 28.0. The van der Waals surface area contributed by atoms with Crippen LogP contribution in [0.1, 0.15) is 66.2 Å². The first-order chi connectivity index (χ1) is 31.6. The van der Waals surface area contributed by atoms with E-state index in [9.17, 15) is 24.3 Å². The van der Waals surface area contributed by atoms with Gasteiger partial charge in [0.05, 0.1) is 23.5 Å². The minimum atomic E-state index is -1.03. The number of ether oxygens (including phenoxy) is 2. The highest BCUT2D eigenvalue weighted by molar-refractivity contribution is 5.93. The number of carboxylic acid groups (broad SMARTS) is 1. The van der Waals surface area contributed by atoms with Crippen LogP contribution < -0.4 is 26.2 Å². The van der Waals surface area contributed by atoms with Crippen molar-refractivity contribution in [3.8, 4) is 0 Å². The second-order valence-electron chi connectivity index (χ2n) is 15.9. The number of halogens is 1. The van der Waals surface area contributed by atoms with Crippen LogP contribution in [0.25, 0.3) is 0 Å². The Balaban J connectivity index is 0.932. The largest absolute Gasteiger partial charge is 0.478 e. The number of anilines is 3. The van der Waals surface area contributed by atoms with Crippen molar-refractivity contribution in [1.82, 2.24) is 25.2 Å². The topological polar surface area (TPSA) is 197 Å². The van der Waals surface area contributed by atoms with Gasteiger partial charge in [-0.2, -0.15) is 0 Å². The summed E-state index contributed by atoms with van der Waals surface area (Å²) in [5.74, 6) is -1.77. The molecule has 2 aliphatic heterocycles. The number of nitrogens with one attached hydrogen (secondary N) is 2. The van der Waals surface area contributed by atoms with Gasteiger partial charge in [-0.25, -0.2) is 23.5 Å². The average Bonchev–Trinajstić information content (AvgIpc) is 3.82. The smallest absolute Gasteiger partial charge is 0.410 e. The fourth-order valence-electron chi connectivity index (χ4n) is 7.87. The van der Waals surface area contributed by atoms with Gasteiger partial charge in [0.15, 0.2) is 0 Å². The van der Waals surface area contributed by atoms with E-state index in [0.717, 1.165) is 16.8 Å². The quantitative estimate of drug-likeness (QED) is 0.0677. The number of aliphatic carboxylic acids is 1. The zero-order chi connectivity index (χ0) is 45.7. The molecule has 0 radical (unpaired) electrons. The maximum Gasteiger partial charge on any atom is 0.410 e. The van der Waals surface area contributed by atoms with E-state index in [4.69, 9.17) is 15.2 Å². The molecule has 0 aliphatic carbocycles. The number of hydrogen-bond acceptors (Lipinski definition) is 11. The van der Waals surface area contributed by atoms with Crippen molar-refractivity contribution in [3.63, 3.8) is 0 Å². The summed E-state index contributed by atoms with van der Waals surface area (Å²) >= 11 is 0. The molecule has 2 atom stereocenters. The van der Waals surface area contributed by atoms with Crippen molar-refractivity contribution < 1.29 is 38.1 Å². The zero-order valence-corrected chi connectivity index (χ0v) is 36.3. The second-order valence-corrected chi connectivity index (χ2v) is 15.9. The Kier molecular flexibility index (Phi) is 15.4. The van der Waals surface area contributed by atoms with Crippen LogP contribution in [0.4, 0.5) is 31.0 Å². The van der Waals surface area contributed by atoms with E-state index in [1.807, 2.05) is 77.4 Å². The lowest BCUT2D eigenvalue weighted by Gasteiger charge is -2.37. The predicted molar refractivity (Wildman–Crippen MR) is 242 cm³/mol. The second kappa shape index (κ2) is 21.9. The molecule has 1 fully saturated rings. The number of carbonyl (C=O) groups is 4. The van der Waals surface area contributed by atoms with E-state index in [-0.39, 0.29) is 31.1 Å². The summed E-state index contributed by atoms with van der Waals surface area (Å²) in [6.45, 7) is 4.44. The first-order valence-electron chi connectivity index (χ1n) is 21.8. The van der Waals surface area contributed by atoms with Gasteiger partial charge in [0, 0.05) is 56.7 Å². The highest BCUT2D eigenvalue weighted by Crippen LogP contribution is 2.35. The molecule has 16 nitrogen and oxygen atoms in total. The molecule has 1 saturated heterocycles. The maximum atomic E-state index is 15.4. The molecule has 3 heterocycles. The van der Waals surface area contributed by atoms with Gasteiger partial charge < -0.3 is 45.6 Å². The molecular formula is C48H54FN9O7. The van der Waals surface area contributed by atoms with Crippen LogP contribution in [0.3, 0.4) is 0 Å². The summed E-state index contributed by atoms with van der Waals surface area (Å²) in [4.78, 5) is 56.9. The molecule has 340 valence electrons. The Morgan fingerprint density at radius 1 is 0.846 bits per heavy atom. The highest BCUT2D eigenvalue weighted by atomic mass is 19.1. The van der Waals surface area contributed by atoms with Crippen molar-refractivity contribution >= 4 is 41.1 Å². The van der Waals surface area contributed by atoms with Gasteiger partial charge in [-0.3, -0.25) is 4.79 Å². The van der Waals surface area contributed by atoms with Gasteiger partial charge in [0.2, 0.25) is 5.91 Å². The lowest BCUT2D eigenvalue weighted by Crippen LogP contribution is -2.49. The van der Waals surface area contributed by atoms with Crippen molar-refractivity contribution in [1.29, 1.82) is 0 Å². The number of carboxylic acids is 1. The van der Waals surface area contributed by atoms with E-state index in [2.05, 4.69) is 20.9 Å².